The van der Waals surface area contributed by atoms with E-state index in [1.54, 1.807) is 5.54 Å². The summed E-state index contributed by atoms with van der Waals surface area (Å²) in [7, 11) is 1.90. The molecule has 0 unspecified atom stereocenters. The van der Waals surface area contributed by atoms with E-state index >= 15 is 0 Å². The molecule has 2 nitrogen and oxygen atoms in total. The zero-order valence-electron chi connectivity index (χ0n) is 6.48. The Kier molecular flexibility index (Phi) is 7.03. The van der Waals surface area contributed by atoms with E-state index in [0.717, 1.165) is 18.7 Å². The molecule has 0 fully saturated rings. The molecule has 3 heteroatoms. The molecule has 0 bridgehead atoms. The van der Waals surface area contributed by atoms with E-state index in [0.29, 0.717) is 6.61 Å². The molecule has 0 rings (SSSR count). The van der Waals surface area contributed by atoms with Crippen LogP contribution in [0, 0.1) is 0 Å². The average Bonchev–Trinajstić information content (AvgIpc) is 1.98. The Bertz CT molecular complexity index is 104. The van der Waals surface area contributed by atoms with Gasteiger partial charge in [-0.05, 0) is 19.5 Å². The molecule has 0 aliphatic carbocycles. The van der Waals surface area contributed by atoms with E-state index in [2.05, 4.69) is 5.32 Å². The number of ether oxygens (including phenoxy) is 1. The molecular formula is C7H14ClNO. The van der Waals surface area contributed by atoms with Gasteiger partial charge in [-0.2, -0.15) is 0 Å². The zero-order valence-corrected chi connectivity index (χ0v) is 7.24. The third-order valence-electron chi connectivity index (χ3n) is 1.01. The van der Waals surface area contributed by atoms with Gasteiger partial charge in [-0.15, -0.1) is 0 Å². The standard InChI is InChI=1S/C7H14ClNO/c1-7(5-8)6-10-4-3-9-2/h5,9H,3-4,6H2,1-2H3/b7-5+. The quantitative estimate of drug-likeness (QED) is 0.619. The molecule has 10 heavy (non-hydrogen) atoms. The summed E-state index contributed by atoms with van der Waals surface area (Å²) >= 11 is 5.41. The maximum atomic E-state index is 5.41. The second-order valence-electron chi connectivity index (χ2n) is 2.11. The van der Waals surface area contributed by atoms with Crippen LogP contribution in [-0.2, 0) is 4.74 Å². The second kappa shape index (κ2) is 7.06. The first-order valence-electron chi connectivity index (χ1n) is 3.29. The lowest BCUT2D eigenvalue weighted by Crippen LogP contribution is -2.14. The molecule has 0 aliphatic rings. The number of hydrogen-bond acceptors (Lipinski definition) is 2. The van der Waals surface area contributed by atoms with E-state index in [-0.39, 0.29) is 0 Å². The van der Waals surface area contributed by atoms with Crippen molar-refractivity contribution in [2.45, 2.75) is 6.92 Å². The number of halogens is 1. The molecule has 0 aromatic carbocycles. The van der Waals surface area contributed by atoms with Gasteiger partial charge >= 0.3 is 0 Å². The largest absolute Gasteiger partial charge is 0.376 e. The first-order chi connectivity index (χ1) is 4.81. The molecule has 1 N–H and O–H groups in total. The molecule has 0 spiro atoms. The van der Waals surface area contributed by atoms with Gasteiger partial charge in [0.25, 0.3) is 0 Å². The fraction of sp³-hybridized carbons (Fsp3) is 0.714. The number of rotatable bonds is 5. The van der Waals surface area contributed by atoms with Crippen LogP contribution in [0.15, 0.2) is 11.1 Å². The summed E-state index contributed by atoms with van der Waals surface area (Å²) in [6, 6.07) is 0. The topological polar surface area (TPSA) is 21.3 Å². The maximum absolute atomic E-state index is 5.41. The van der Waals surface area contributed by atoms with Crippen molar-refractivity contribution in [3.63, 3.8) is 0 Å². The van der Waals surface area contributed by atoms with Crippen LogP contribution in [-0.4, -0.2) is 26.8 Å². The molecule has 0 atom stereocenters. The van der Waals surface area contributed by atoms with Crippen LogP contribution in [0.5, 0.6) is 0 Å². The van der Waals surface area contributed by atoms with Gasteiger partial charge in [0.2, 0.25) is 0 Å². The van der Waals surface area contributed by atoms with E-state index in [1.165, 1.54) is 0 Å². The Balaban J connectivity index is 3.04. The molecule has 0 saturated carbocycles. The smallest absolute Gasteiger partial charge is 0.0686 e. The van der Waals surface area contributed by atoms with Crippen LogP contribution < -0.4 is 5.32 Å². The van der Waals surface area contributed by atoms with Gasteiger partial charge in [-0.1, -0.05) is 11.6 Å². The lowest BCUT2D eigenvalue weighted by Gasteiger charge is -2.01. The minimum atomic E-state index is 0.630. The van der Waals surface area contributed by atoms with Crippen LogP contribution >= 0.6 is 11.6 Å². The van der Waals surface area contributed by atoms with Gasteiger partial charge in [0.15, 0.2) is 0 Å². The summed E-state index contributed by atoms with van der Waals surface area (Å²) in [5.41, 5.74) is 2.59. The first kappa shape index (κ1) is 9.95. The zero-order chi connectivity index (χ0) is 7.82. The van der Waals surface area contributed by atoms with Gasteiger partial charge < -0.3 is 10.1 Å². The minimum Gasteiger partial charge on any atom is -0.376 e. The normalized spacial score (nSPS) is 12.1. The van der Waals surface area contributed by atoms with Crippen molar-refractivity contribution in [1.29, 1.82) is 0 Å². The van der Waals surface area contributed by atoms with Crippen LogP contribution in [0.2, 0.25) is 0 Å². The van der Waals surface area contributed by atoms with Gasteiger partial charge in [0.1, 0.15) is 0 Å². The molecule has 0 aromatic rings. The Hall–Kier alpha value is -0.0500. The van der Waals surface area contributed by atoms with E-state index in [9.17, 15) is 0 Å². The molecule has 0 saturated heterocycles. The van der Waals surface area contributed by atoms with Crippen LogP contribution in [0.4, 0.5) is 0 Å². The minimum absolute atomic E-state index is 0.630. The Labute approximate surface area is 67.2 Å². The van der Waals surface area contributed by atoms with E-state index < -0.39 is 0 Å². The SMILES string of the molecule is CNCCOC/C(C)=C/Cl. The Morgan fingerprint density at radius 2 is 2.40 bits per heavy atom. The molecule has 60 valence electrons. The molecule has 0 amide bonds. The van der Waals surface area contributed by atoms with Crippen molar-refractivity contribution in [2.24, 2.45) is 0 Å². The van der Waals surface area contributed by atoms with Crippen LogP contribution in [0.1, 0.15) is 6.92 Å². The van der Waals surface area contributed by atoms with Crippen molar-refractivity contribution in [1.82, 2.24) is 5.32 Å². The highest BCUT2D eigenvalue weighted by Crippen LogP contribution is 1.94. The highest BCUT2D eigenvalue weighted by Gasteiger charge is 1.87. The highest BCUT2D eigenvalue weighted by molar-refractivity contribution is 6.25. The van der Waals surface area contributed by atoms with Gasteiger partial charge in [0.05, 0.1) is 13.2 Å². The third kappa shape index (κ3) is 6.08. The third-order valence-corrected chi connectivity index (χ3v) is 1.38. The predicted octanol–water partition coefficient (Wildman–Crippen LogP) is 1.36. The number of nitrogens with one attached hydrogen (secondary N) is 1. The van der Waals surface area contributed by atoms with Crippen LogP contribution in [0.25, 0.3) is 0 Å². The number of hydrogen-bond donors (Lipinski definition) is 1. The summed E-state index contributed by atoms with van der Waals surface area (Å²) in [6.45, 7) is 4.19. The Morgan fingerprint density at radius 1 is 1.70 bits per heavy atom. The monoisotopic (exact) mass is 163 g/mol. The van der Waals surface area contributed by atoms with Crippen molar-refractivity contribution in [3.05, 3.63) is 11.1 Å². The van der Waals surface area contributed by atoms with Gasteiger partial charge in [0, 0.05) is 12.1 Å². The number of likely N-dealkylation sites (N-methyl/N-ethyl adjacent to an activating group) is 1. The summed E-state index contributed by atoms with van der Waals surface area (Å²) < 4.78 is 5.21. The maximum Gasteiger partial charge on any atom is 0.0686 e. The molecule has 0 heterocycles. The summed E-state index contributed by atoms with van der Waals surface area (Å²) in [5.74, 6) is 0. The van der Waals surface area contributed by atoms with Crippen molar-refractivity contribution in [2.75, 3.05) is 26.8 Å². The van der Waals surface area contributed by atoms with E-state index in [4.69, 9.17) is 16.3 Å². The second-order valence-corrected chi connectivity index (χ2v) is 2.33. The van der Waals surface area contributed by atoms with Crippen LogP contribution in [0.3, 0.4) is 0 Å². The lowest BCUT2D eigenvalue weighted by atomic mass is 10.4. The highest BCUT2D eigenvalue weighted by atomic mass is 35.5. The average molecular weight is 164 g/mol. The molecule has 0 aromatic heterocycles. The van der Waals surface area contributed by atoms with Crippen molar-refractivity contribution >= 4 is 11.6 Å². The Morgan fingerprint density at radius 3 is 2.90 bits per heavy atom. The fourth-order valence-corrected chi connectivity index (χ4v) is 0.502. The molecule has 0 radical (unpaired) electrons. The summed E-state index contributed by atoms with van der Waals surface area (Å²) in [6.07, 6.45) is 0. The van der Waals surface area contributed by atoms with Crippen molar-refractivity contribution < 1.29 is 4.74 Å². The first-order valence-corrected chi connectivity index (χ1v) is 3.73. The lowest BCUT2D eigenvalue weighted by molar-refractivity contribution is 0.159. The molecule has 0 aliphatic heterocycles. The predicted molar refractivity (Wildman–Crippen MR) is 44.4 cm³/mol. The fourth-order valence-electron chi connectivity index (χ4n) is 0.439. The summed E-state index contributed by atoms with van der Waals surface area (Å²) in [4.78, 5) is 0. The van der Waals surface area contributed by atoms with E-state index in [1.807, 2.05) is 14.0 Å². The van der Waals surface area contributed by atoms with Crippen molar-refractivity contribution in [3.8, 4) is 0 Å². The molecular weight excluding hydrogens is 150 g/mol. The van der Waals surface area contributed by atoms with Gasteiger partial charge in [-0.3, -0.25) is 0 Å². The van der Waals surface area contributed by atoms with Gasteiger partial charge in [-0.25, -0.2) is 0 Å². The summed E-state index contributed by atoms with van der Waals surface area (Å²) in [5, 5.41) is 2.98.